The zero-order valence-electron chi connectivity index (χ0n) is 11.2. The standard InChI is InChI=1S/C16H12BrFN2O/c1-9-6-11(18)2-4-14(9)21-15-5-3-13(19)12-7-10(17)8-20-16(12)15/h2-8H,19H2,1H3. The van der Waals surface area contributed by atoms with Gasteiger partial charge >= 0.3 is 0 Å². The minimum Gasteiger partial charge on any atom is -0.455 e. The molecule has 0 fully saturated rings. The largest absolute Gasteiger partial charge is 0.455 e. The van der Waals surface area contributed by atoms with Gasteiger partial charge in [0.2, 0.25) is 0 Å². The van der Waals surface area contributed by atoms with Crippen LogP contribution in [0.5, 0.6) is 11.5 Å². The van der Waals surface area contributed by atoms with Crippen molar-refractivity contribution in [2.75, 3.05) is 5.73 Å². The molecule has 0 aliphatic rings. The molecule has 0 bridgehead atoms. The Morgan fingerprint density at radius 1 is 1.14 bits per heavy atom. The number of halogens is 2. The van der Waals surface area contributed by atoms with E-state index in [9.17, 15) is 4.39 Å². The highest BCUT2D eigenvalue weighted by molar-refractivity contribution is 9.10. The summed E-state index contributed by atoms with van der Waals surface area (Å²) in [4.78, 5) is 4.36. The van der Waals surface area contributed by atoms with Gasteiger partial charge in [0.1, 0.15) is 17.1 Å². The van der Waals surface area contributed by atoms with Gasteiger partial charge in [-0.05, 0) is 64.8 Å². The molecule has 106 valence electrons. The minimum atomic E-state index is -0.288. The molecule has 0 atom stereocenters. The predicted molar refractivity (Wildman–Crippen MR) is 85.1 cm³/mol. The van der Waals surface area contributed by atoms with Gasteiger partial charge in [-0.3, -0.25) is 4.98 Å². The molecule has 5 heteroatoms. The molecule has 0 saturated heterocycles. The molecular weight excluding hydrogens is 335 g/mol. The van der Waals surface area contributed by atoms with Crippen molar-refractivity contribution < 1.29 is 9.13 Å². The molecule has 1 heterocycles. The van der Waals surface area contributed by atoms with Gasteiger partial charge in [0.25, 0.3) is 0 Å². The number of ether oxygens (including phenoxy) is 1. The number of nitrogens with zero attached hydrogens (tertiary/aromatic N) is 1. The molecule has 0 amide bonds. The summed E-state index contributed by atoms with van der Waals surface area (Å²) < 4.78 is 19.9. The summed E-state index contributed by atoms with van der Waals surface area (Å²) in [5.74, 6) is 0.887. The molecule has 0 spiro atoms. The number of pyridine rings is 1. The van der Waals surface area contributed by atoms with E-state index in [-0.39, 0.29) is 5.82 Å². The lowest BCUT2D eigenvalue weighted by Crippen LogP contribution is -1.94. The van der Waals surface area contributed by atoms with Gasteiger partial charge in [-0.2, -0.15) is 0 Å². The van der Waals surface area contributed by atoms with Gasteiger partial charge in [-0.1, -0.05) is 0 Å². The Balaban J connectivity index is 2.11. The van der Waals surface area contributed by atoms with Crippen LogP contribution in [0, 0.1) is 12.7 Å². The summed E-state index contributed by atoms with van der Waals surface area (Å²) in [7, 11) is 0. The number of benzene rings is 2. The molecule has 21 heavy (non-hydrogen) atoms. The van der Waals surface area contributed by atoms with Gasteiger partial charge in [0.05, 0.1) is 0 Å². The van der Waals surface area contributed by atoms with Crippen LogP contribution in [0.2, 0.25) is 0 Å². The van der Waals surface area contributed by atoms with E-state index < -0.39 is 0 Å². The second-order valence-corrected chi connectivity index (χ2v) is 5.63. The van der Waals surface area contributed by atoms with Crippen LogP contribution < -0.4 is 10.5 Å². The van der Waals surface area contributed by atoms with Crippen LogP contribution in [0.3, 0.4) is 0 Å². The van der Waals surface area contributed by atoms with E-state index in [1.165, 1.54) is 12.1 Å². The average molecular weight is 347 g/mol. The fourth-order valence-corrected chi connectivity index (χ4v) is 2.45. The number of hydrogen-bond acceptors (Lipinski definition) is 3. The summed E-state index contributed by atoms with van der Waals surface area (Å²) >= 11 is 3.38. The van der Waals surface area contributed by atoms with Crippen LogP contribution in [0.4, 0.5) is 10.1 Å². The highest BCUT2D eigenvalue weighted by atomic mass is 79.9. The molecule has 2 N–H and O–H groups in total. The van der Waals surface area contributed by atoms with Crippen molar-refractivity contribution in [1.29, 1.82) is 0 Å². The fraction of sp³-hybridized carbons (Fsp3) is 0.0625. The topological polar surface area (TPSA) is 48.1 Å². The summed E-state index contributed by atoms with van der Waals surface area (Å²) in [5.41, 5.74) is 7.99. The fourth-order valence-electron chi connectivity index (χ4n) is 2.12. The monoisotopic (exact) mass is 346 g/mol. The van der Waals surface area contributed by atoms with E-state index in [0.29, 0.717) is 22.7 Å². The van der Waals surface area contributed by atoms with E-state index in [4.69, 9.17) is 10.5 Å². The van der Waals surface area contributed by atoms with Gasteiger partial charge in [-0.15, -0.1) is 0 Å². The third-order valence-corrected chi connectivity index (χ3v) is 3.60. The van der Waals surface area contributed by atoms with Crippen LogP contribution >= 0.6 is 15.9 Å². The quantitative estimate of drug-likeness (QED) is 0.676. The van der Waals surface area contributed by atoms with E-state index >= 15 is 0 Å². The maximum absolute atomic E-state index is 13.1. The molecule has 0 saturated carbocycles. The molecule has 3 nitrogen and oxygen atoms in total. The Morgan fingerprint density at radius 3 is 2.67 bits per heavy atom. The number of aryl methyl sites for hydroxylation is 1. The maximum atomic E-state index is 13.1. The summed E-state index contributed by atoms with van der Waals surface area (Å²) in [6.07, 6.45) is 1.69. The van der Waals surface area contributed by atoms with Crippen LogP contribution in [-0.2, 0) is 0 Å². The normalized spacial score (nSPS) is 10.8. The first kappa shape index (κ1) is 13.8. The van der Waals surface area contributed by atoms with Crippen LogP contribution in [0.25, 0.3) is 10.9 Å². The zero-order valence-corrected chi connectivity index (χ0v) is 12.8. The number of nitrogen functional groups attached to an aromatic ring is 1. The molecule has 0 radical (unpaired) electrons. The average Bonchev–Trinajstić information content (AvgIpc) is 2.45. The number of fused-ring (bicyclic) bond motifs is 1. The Hall–Kier alpha value is -2.14. The van der Waals surface area contributed by atoms with Crippen LogP contribution in [0.15, 0.2) is 47.1 Å². The van der Waals surface area contributed by atoms with Crippen molar-refractivity contribution >= 4 is 32.5 Å². The molecule has 0 aliphatic heterocycles. The predicted octanol–water partition coefficient (Wildman–Crippen LogP) is 4.82. The lowest BCUT2D eigenvalue weighted by Gasteiger charge is -2.12. The second kappa shape index (κ2) is 5.33. The van der Waals surface area contributed by atoms with Crippen LogP contribution in [0.1, 0.15) is 5.56 Å². The smallest absolute Gasteiger partial charge is 0.153 e. The molecule has 0 aliphatic carbocycles. The van der Waals surface area contributed by atoms with Crippen molar-refractivity contribution in [1.82, 2.24) is 4.98 Å². The Bertz CT molecular complexity index is 836. The van der Waals surface area contributed by atoms with Crippen molar-refractivity contribution in [2.45, 2.75) is 6.92 Å². The van der Waals surface area contributed by atoms with Gasteiger partial charge in [0.15, 0.2) is 5.75 Å². The Morgan fingerprint density at radius 2 is 1.90 bits per heavy atom. The third kappa shape index (κ3) is 2.69. The summed E-state index contributed by atoms with van der Waals surface area (Å²) in [6, 6.07) is 9.82. The maximum Gasteiger partial charge on any atom is 0.153 e. The summed E-state index contributed by atoms with van der Waals surface area (Å²) in [5, 5.41) is 0.807. The number of nitrogens with two attached hydrogens (primary N) is 1. The van der Waals surface area contributed by atoms with Crippen LogP contribution in [-0.4, -0.2) is 4.98 Å². The lowest BCUT2D eigenvalue weighted by molar-refractivity contribution is 0.481. The number of hydrogen-bond donors (Lipinski definition) is 1. The van der Waals surface area contributed by atoms with Gasteiger partial charge in [0, 0.05) is 21.7 Å². The van der Waals surface area contributed by atoms with Gasteiger partial charge in [-0.25, -0.2) is 4.39 Å². The first-order valence-electron chi connectivity index (χ1n) is 6.32. The Labute approximate surface area is 129 Å². The molecule has 0 unspecified atom stereocenters. The molecular formula is C16H12BrFN2O. The second-order valence-electron chi connectivity index (χ2n) is 4.71. The van der Waals surface area contributed by atoms with Crippen molar-refractivity contribution in [3.8, 4) is 11.5 Å². The molecule has 2 aromatic carbocycles. The Kier molecular flexibility index (Phi) is 3.51. The molecule has 3 rings (SSSR count). The van der Waals surface area contributed by atoms with Crippen molar-refractivity contribution in [3.63, 3.8) is 0 Å². The lowest BCUT2D eigenvalue weighted by atomic mass is 10.1. The number of rotatable bonds is 2. The van der Waals surface area contributed by atoms with E-state index in [1.807, 2.05) is 6.07 Å². The SMILES string of the molecule is Cc1cc(F)ccc1Oc1ccc(N)c2cc(Br)cnc12. The van der Waals surface area contributed by atoms with Gasteiger partial charge < -0.3 is 10.5 Å². The van der Waals surface area contributed by atoms with E-state index in [0.717, 1.165) is 15.4 Å². The highest BCUT2D eigenvalue weighted by Gasteiger charge is 2.10. The molecule has 1 aromatic heterocycles. The van der Waals surface area contributed by atoms with Crippen molar-refractivity contribution in [3.05, 3.63) is 58.4 Å². The first-order valence-corrected chi connectivity index (χ1v) is 7.11. The number of anilines is 1. The first-order chi connectivity index (χ1) is 10.0. The third-order valence-electron chi connectivity index (χ3n) is 3.17. The summed E-state index contributed by atoms with van der Waals surface area (Å²) in [6.45, 7) is 1.79. The van der Waals surface area contributed by atoms with Crippen molar-refractivity contribution in [2.24, 2.45) is 0 Å². The number of aromatic nitrogens is 1. The highest BCUT2D eigenvalue weighted by Crippen LogP contribution is 2.34. The molecule has 3 aromatic rings. The zero-order chi connectivity index (χ0) is 15.0. The van der Waals surface area contributed by atoms with E-state index in [1.54, 1.807) is 31.3 Å². The minimum absolute atomic E-state index is 0.288. The van der Waals surface area contributed by atoms with E-state index in [2.05, 4.69) is 20.9 Å².